The van der Waals surface area contributed by atoms with Crippen LogP contribution in [0.1, 0.15) is 344 Å². The molecule has 0 rings (SSSR count). The Morgan fingerprint density at radius 2 is 0.587 bits per heavy atom. The molecular weight excluding hydrogens is 1210 g/mol. The summed E-state index contributed by atoms with van der Waals surface area (Å²) in [5.74, 6) is 0.0572. The average molecular weight is 1350 g/mol. The van der Waals surface area contributed by atoms with Crippen LogP contribution in [0.4, 0.5) is 0 Å². The number of ether oxygens (including phenoxy) is 4. The van der Waals surface area contributed by atoms with Crippen LogP contribution in [0.25, 0.3) is 0 Å². The zero-order chi connectivity index (χ0) is 68.0. The number of esters is 4. The van der Waals surface area contributed by atoms with Gasteiger partial charge in [0.25, 0.3) is 0 Å². The number of unbranched alkanes of at least 4 members (excludes halogenated alkanes) is 34. The molecule has 0 saturated carbocycles. The van der Waals surface area contributed by atoms with E-state index in [1.807, 2.05) is 0 Å². The van der Waals surface area contributed by atoms with Crippen molar-refractivity contribution in [1.29, 1.82) is 0 Å². The monoisotopic (exact) mass is 1350 g/mol. The molecule has 3 unspecified atom stereocenters. The minimum atomic E-state index is -4.96. The molecule has 0 aromatic carbocycles. The first-order valence-corrected chi connectivity index (χ1v) is 40.2. The van der Waals surface area contributed by atoms with Crippen molar-refractivity contribution in [2.24, 2.45) is 17.8 Å². The number of aliphatic hydroxyl groups is 1. The fourth-order valence-electron chi connectivity index (χ4n) is 10.5. The molecule has 19 heteroatoms. The topological polar surface area (TPSA) is 237 Å². The summed E-state index contributed by atoms with van der Waals surface area (Å²) in [6, 6.07) is 0. The van der Waals surface area contributed by atoms with Crippen LogP contribution in [0, 0.1) is 17.8 Å². The quantitative estimate of drug-likeness (QED) is 0.0169. The fraction of sp³-hybridized carbons (Fsp3) is 0.890. The van der Waals surface area contributed by atoms with Gasteiger partial charge in [-0.25, -0.2) is 9.13 Å². The summed E-state index contributed by atoms with van der Waals surface area (Å²) in [4.78, 5) is 72.6. The molecule has 0 amide bonds. The van der Waals surface area contributed by atoms with Gasteiger partial charge in [-0.2, -0.15) is 0 Å². The Kier molecular flexibility index (Phi) is 61.6. The van der Waals surface area contributed by atoms with Crippen molar-refractivity contribution in [1.82, 2.24) is 0 Å². The van der Waals surface area contributed by atoms with Gasteiger partial charge in [-0.05, 0) is 69.1 Å². The second kappa shape index (κ2) is 63.3. The number of carbonyl (C=O) groups is 4. The van der Waals surface area contributed by atoms with Gasteiger partial charge in [0.15, 0.2) is 12.2 Å². The summed E-state index contributed by atoms with van der Waals surface area (Å²) in [7, 11) is -9.92. The number of aliphatic hydroxyl groups excluding tert-OH is 1. The van der Waals surface area contributed by atoms with E-state index in [1.54, 1.807) is 0 Å². The molecule has 0 aromatic heterocycles. The number of hydrogen-bond acceptors (Lipinski definition) is 15. The van der Waals surface area contributed by atoms with E-state index in [4.69, 9.17) is 37.0 Å². The second-order valence-electron chi connectivity index (χ2n) is 27.1. The molecule has 0 aliphatic heterocycles. The summed E-state index contributed by atoms with van der Waals surface area (Å²) < 4.78 is 68.3. The predicted molar refractivity (Wildman–Crippen MR) is 372 cm³/mol. The van der Waals surface area contributed by atoms with Crippen molar-refractivity contribution in [3.63, 3.8) is 0 Å². The third-order valence-electron chi connectivity index (χ3n) is 16.3. The number of allylic oxidation sites excluding steroid dienone is 4. The zero-order valence-corrected chi connectivity index (χ0v) is 61.3. The second-order valence-corrected chi connectivity index (χ2v) is 30.0. The minimum Gasteiger partial charge on any atom is -0.462 e. The van der Waals surface area contributed by atoms with Gasteiger partial charge in [-0.1, -0.05) is 291 Å². The molecule has 0 aliphatic carbocycles. The predicted octanol–water partition coefficient (Wildman–Crippen LogP) is 20.6. The standard InChI is InChI=1S/C73H138O17P2/c1-8-9-10-11-12-13-14-15-16-19-22-25-34-42-49-56-73(78)90-69(61-84-71(76)55-48-41-36-29-32-39-46-53-66(6)7)63-88-92(81,82)86-59-67(74)58-85-91(79,80)87-62-68(60-83-70(75)54-47-40-33-28-27-31-38-45-52-65(4)5)89-72(77)57-50-43-35-26-23-20-17-18-21-24-30-37-44-51-64(2)3/h13-16,64-69,74H,8-12,17-63H2,1-7H3,(H,79,80)(H,81,82)/b14-13-,16-15-/t67?,68-,69-/m1/s1. The molecule has 0 aromatic rings. The Morgan fingerprint density at radius 1 is 0.337 bits per heavy atom. The average Bonchev–Trinajstić information content (AvgIpc) is 2.14. The van der Waals surface area contributed by atoms with Crippen molar-refractivity contribution in [2.75, 3.05) is 39.6 Å². The summed E-state index contributed by atoms with van der Waals surface area (Å²) in [5.41, 5.74) is 0. The molecule has 0 spiro atoms. The van der Waals surface area contributed by atoms with E-state index in [0.29, 0.717) is 31.6 Å². The highest BCUT2D eigenvalue weighted by molar-refractivity contribution is 7.47. The van der Waals surface area contributed by atoms with E-state index in [1.165, 1.54) is 135 Å². The number of rotatable bonds is 69. The summed E-state index contributed by atoms with van der Waals surface area (Å²) in [6.07, 6.45) is 50.9. The number of carbonyl (C=O) groups excluding carboxylic acids is 4. The van der Waals surface area contributed by atoms with Crippen molar-refractivity contribution >= 4 is 39.5 Å². The Hall–Kier alpha value is -2.46. The lowest BCUT2D eigenvalue weighted by atomic mass is 10.0. The molecule has 92 heavy (non-hydrogen) atoms. The van der Waals surface area contributed by atoms with Gasteiger partial charge in [-0.3, -0.25) is 37.3 Å². The van der Waals surface area contributed by atoms with Crippen LogP contribution < -0.4 is 0 Å². The highest BCUT2D eigenvalue weighted by atomic mass is 31.2. The van der Waals surface area contributed by atoms with Gasteiger partial charge >= 0.3 is 39.5 Å². The van der Waals surface area contributed by atoms with Crippen LogP contribution in [0.3, 0.4) is 0 Å². The lowest BCUT2D eigenvalue weighted by Gasteiger charge is -2.21. The van der Waals surface area contributed by atoms with Crippen molar-refractivity contribution in [2.45, 2.75) is 362 Å². The largest absolute Gasteiger partial charge is 0.472 e. The van der Waals surface area contributed by atoms with Crippen LogP contribution in [-0.2, 0) is 65.4 Å². The Morgan fingerprint density at radius 3 is 0.880 bits per heavy atom. The van der Waals surface area contributed by atoms with E-state index in [-0.39, 0.29) is 25.7 Å². The van der Waals surface area contributed by atoms with E-state index < -0.39 is 97.5 Å². The van der Waals surface area contributed by atoms with E-state index in [9.17, 15) is 43.2 Å². The third kappa shape index (κ3) is 66.2. The molecule has 0 heterocycles. The molecule has 0 radical (unpaired) electrons. The normalized spacial score (nSPS) is 14.3. The molecule has 5 atom stereocenters. The molecular formula is C73H138O17P2. The number of hydrogen-bond donors (Lipinski definition) is 3. The SMILES string of the molecule is CCCCCC/C=C\C=C/CCCCCCCC(=O)O[C@H](COC(=O)CCCCCCCCCC(C)C)COP(=O)(O)OCC(O)COP(=O)(O)OC[C@@H](COC(=O)CCCCCCCCCCC(C)C)OC(=O)CCCCCCCCCCCCCCCC(C)C. The third-order valence-corrected chi connectivity index (χ3v) is 18.2. The van der Waals surface area contributed by atoms with Gasteiger partial charge in [0, 0.05) is 25.7 Å². The minimum absolute atomic E-state index is 0.0838. The number of phosphoric ester groups is 2. The van der Waals surface area contributed by atoms with Crippen LogP contribution in [0.2, 0.25) is 0 Å². The van der Waals surface area contributed by atoms with Crippen LogP contribution in [-0.4, -0.2) is 96.7 Å². The molecule has 0 saturated heterocycles. The van der Waals surface area contributed by atoms with E-state index in [0.717, 1.165) is 121 Å². The molecule has 17 nitrogen and oxygen atoms in total. The van der Waals surface area contributed by atoms with Gasteiger partial charge in [-0.15, -0.1) is 0 Å². The molecule has 0 bridgehead atoms. The van der Waals surface area contributed by atoms with Crippen molar-refractivity contribution < 1.29 is 80.2 Å². The summed E-state index contributed by atoms with van der Waals surface area (Å²) >= 11 is 0. The maximum Gasteiger partial charge on any atom is 0.472 e. The maximum absolute atomic E-state index is 13.0. The van der Waals surface area contributed by atoms with Crippen LogP contribution in [0.15, 0.2) is 24.3 Å². The van der Waals surface area contributed by atoms with Crippen molar-refractivity contribution in [3.8, 4) is 0 Å². The van der Waals surface area contributed by atoms with Crippen LogP contribution >= 0.6 is 15.6 Å². The van der Waals surface area contributed by atoms with Crippen LogP contribution in [0.5, 0.6) is 0 Å². The fourth-order valence-corrected chi connectivity index (χ4v) is 12.1. The summed E-state index contributed by atoms with van der Waals surface area (Å²) in [6.45, 7) is 11.7. The van der Waals surface area contributed by atoms with E-state index >= 15 is 0 Å². The van der Waals surface area contributed by atoms with Gasteiger partial charge in [0.05, 0.1) is 26.4 Å². The zero-order valence-electron chi connectivity index (χ0n) is 59.5. The van der Waals surface area contributed by atoms with Gasteiger partial charge in [0.1, 0.15) is 19.3 Å². The first-order chi connectivity index (χ1) is 44.2. The first-order valence-electron chi connectivity index (χ1n) is 37.2. The molecule has 0 aliphatic rings. The Balaban J connectivity index is 5.28. The highest BCUT2D eigenvalue weighted by Gasteiger charge is 2.30. The highest BCUT2D eigenvalue weighted by Crippen LogP contribution is 2.45. The number of phosphoric acid groups is 2. The maximum atomic E-state index is 13.0. The van der Waals surface area contributed by atoms with E-state index in [2.05, 4.69) is 72.8 Å². The molecule has 3 N–H and O–H groups in total. The van der Waals surface area contributed by atoms with Gasteiger partial charge in [0.2, 0.25) is 0 Å². The Labute approximate surface area is 561 Å². The van der Waals surface area contributed by atoms with Gasteiger partial charge < -0.3 is 33.8 Å². The Bertz CT molecular complexity index is 1890. The summed E-state index contributed by atoms with van der Waals surface area (Å²) in [5, 5.41) is 10.6. The first kappa shape index (κ1) is 89.5. The lowest BCUT2D eigenvalue weighted by molar-refractivity contribution is -0.161. The lowest BCUT2D eigenvalue weighted by Crippen LogP contribution is -2.30. The molecule has 0 fully saturated rings. The van der Waals surface area contributed by atoms with Crippen molar-refractivity contribution in [3.05, 3.63) is 24.3 Å². The smallest absolute Gasteiger partial charge is 0.462 e. The molecule has 542 valence electrons.